The van der Waals surface area contributed by atoms with Crippen molar-refractivity contribution < 1.29 is 9.53 Å². The Labute approximate surface area is 244 Å². The van der Waals surface area contributed by atoms with Crippen molar-refractivity contribution >= 4 is 38.6 Å². The fourth-order valence-electron chi connectivity index (χ4n) is 6.20. The first-order chi connectivity index (χ1) is 19.9. The van der Waals surface area contributed by atoms with Crippen LogP contribution in [0.3, 0.4) is 0 Å². The molecule has 212 valence electrons. The summed E-state index contributed by atoms with van der Waals surface area (Å²) in [5, 5.41) is 11.9. The Morgan fingerprint density at radius 2 is 2.10 bits per heavy atom. The minimum atomic E-state index is -0.218. The molecule has 0 amide bonds. The zero-order chi connectivity index (χ0) is 28.5. The van der Waals surface area contributed by atoms with E-state index in [0.717, 1.165) is 60.3 Å². The molecule has 0 saturated heterocycles. The number of nitrogens with zero attached hydrogens (tertiary/aromatic N) is 6. The average molecular weight is 569 g/mol. The fourth-order valence-corrected chi connectivity index (χ4v) is 7.09. The number of hydrogen-bond acceptors (Lipinski definition) is 8. The molecule has 4 aromatic heterocycles. The van der Waals surface area contributed by atoms with Gasteiger partial charge < -0.3 is 4.74 Å². The highest BCUT2D eigenvalue weighted by Crippen LogP contribution is 2.37. The van der Waals surface area contributed by atoms with Gasteiger partial charge in [0.05, 0.1) is 18.7 Å². The average Bonchev–Trinajstić information content (AvgIpc) is 3.55. The summed E-state index contributed by atoms with van der Waals surface area (Å²) < 4.78 is 8.41. The van der Waals surface area contributed by atoms with E-state index in [9.17, 15) is 4.79 Å². The highest BCUT2D eigenvalue weighted by molar-refractivity contribution is 7.17. The summed E-state index contributed by atoms with van der Waals surface area (Å²) >= 11 is 1.78. The number of ether oxygens (including phenoxy) is 1. The van der Waals surface area contributed by atoms with Crippen LogP contribution in [0.2, 0.25) is 0 Å². The Balaban J connectivity index is 1.42. The van der Waals surface area contributed by atoms with Gasteiger partial charge in [-0.1, -0.05) is 30.7 Å². The van der Waals surface area contributed by atoms with Crippen LogP contribution in [0.5, 0.6) is 0 Å². The quantitative estimate of drug-likeness (QED) is 0.214. The van der Waals surface area contributed by atoms with Gasteiger partial charge in [-0.2, -0.15) is 0 Å². The molecule has 9 heteroatoms. The fraction of sp³-hybridized carbons (Fsp3) is 0.406. The van der Waals surface area contributed by atoms with Crippen LogP contribution in [0.15, 0.2) is 48.1 Å². The maximum Gasteiger partial charge on any atom is 0.306 e. The molecule has 0 fully saturated rings. The lowest BCUT2D eigenvalue weighted by atomic mass is 9.85. The number of thiophene rings is 1. The smallest absolute Gasteiger partial charge is 0.306 e. The lowest BCUT2D eigenvalue weighted by molar-refractivity contribution is -0.143. The summed E-state index contributed by atoms with van der Waals surface area (Å²) in [4.78, 5) is 24.9. The first kappa shape index (κ1) is 27.5. The first-order valence-corrected chi connectivity index (χ1v) is 15.3. The molecule has 6 rings (SSSR count). The van der Waals surface area contributed by atoms with Gasteiger partial charge in [-0.05, 0) is 83.0 Å². The van der Waals surface area contributed by atoms with Crippen LogP contribution in [0, 0.1) is 12.8 Å². The Morgan fingerprint density at radius 3 is 2.93 bits per heavy atom. The molecule has 0 aliphatic carbocycles. The molecular formula is C32H36N6O2S. The van der Waals surface area contributed by atoms with Crippen molar-refractivity contribution in [3.05, 3.63) is 81.6 Å². The summed E-state index contributed by atoms with van der Waals surface area (Å²) in [6.07, 6.45) is 6.23. The summed E-state index contributed by atoms with van der Waals surface area (Å²) in [6.45, 7) is 9.22. The molecule has 1 aliphatic heterocycles. The number of carbonyl (C=O) groups is 1. The number of fused-ring (bicyclic) bond motifs is 3. The van der Waals surface area contributed by atoms with Gasteiger partial charge in [-0.15, -0.1) is 16.4 Å². The van der Waals surface area contributed by atoms with Crippen LogP contribution < -0.4 is 0 Å². The number of aryl methyl sites for hydroxylation is 2. The van der Waals surface area contributed by atoms with Crippen molar-refractivity contribution in [3.63, 3.8) is 0 Å². The lowest BCUT2D eigenvalue weighted by Crippen LogP contribution is -2.27. The van der Waals surface area contributed by atoms with Crippen LogP contribution in [-0.4, -0.2) is 49.0 Å². The Bertz CT molecular complexity index is 1710. The van der Waals surface area contributed by atoms with Crippen LogP contribution in [0.1, 0.15) is 66.1 Å². The lowest BCUT2D eigenvalue weighted by Gasteiger charge is -2.25. The van der Waals surface area contributed by atoms with Crippen LogP contribution in [0.25, 0.3) is 21.3 Å². The van der Waals surface area contributed by atoms with E-state index in [1.54, 1.807) is 16.0 Å². The highest BCUT2D eigenvalue weighted by atomic mass is 32.1. The number of rotatable bonds is 8. The molecule has 8 nitrogen and oxygen atoms in total. The van der Waals surface area contributed by atoms with Gasteiger partial charge in [-0.3, -0.25) is 14.7 Å². The van der Waals surface area contributed by atoms with Crippen molar-refractivity contribution in [2.24, 2.45) is 13.0 Å². The minimum absolute atomic E-state index is 0.217. The zero-order valence-electron chi connectivity index (χ0n) is 24.1. The van der Waals surface area contributed by atoms with E-state index >= 15 is 0 Å². The third-order valence-electron chi connectivity index (χ3n) is 8.37. The minimum Gasteiger partial charge on any atom is -0.466 e. The monoisotopic (exact) mass is 568 g/mol. The number of pyridine rings is 2. The van der Waals surface area contributed by atoms with Crippen LogP contribution >= 0.6 is 11.3 Å². The second-order valence-electron chi connectivity index (χ2n) is 11.1. The number of esters is 1. The molecule has 0 saturated carbocycles. The van der Waals surface area contributed by atoms with Crippen molar-refractivity contribution in [3.8, 4) is 0 Å². The van der Waals surface area contributed by atoms with Gasteiger partial charge in [0.15, 0.2) is 5.65 Å². The van der Waals surface area contributed by atoms with Crippen LogP contribution in [0.4, 0.5) is 0 Å². The normalized spacial score (nSPS) is 16.5. The largest absolute Gasteiger partial charge is 0.466 e. The maximum atomic E-state index is 12.9. The molecular weight excluding hydrogens is 532 g/mol. The third kappa shape index (κ3) is 5.48. The van der Waals surface area contributed by atoms with E-state index in [1.165, 1.54) is 26.9 Å². The molecule has 0 unspecified atom stereocenters. The summed E-state index contributed by atoms with van der Waals surface area (Å²) in [7, 11) is 1.84. The van der Waals surface area contributed by atoms with Gasteiger partial charge in [0.25, 0.3) is 0 Å². The molecule has 1 aromatic carbocycles. The standard InChI is InChI=1S/C32H36N6O2S/c1-5-21-12-22-8-7-10-33-28(22)19-38(17-21)18-25-14-24(13-23-9-11-41-31(23)25)26(15-29(39)40-6-2)27-16-34-32-30(20(27)3)35-36-37(32)4/h7-11,13-14,16,21,26H,5-6,12,15,17-19H2,1-4H3/t21-,26-/m0/s1. The second kappa shape index (κ2) is 11.7. The van der Waals surface area contributed by atoms with E-state index in [4.69, 9.17) is 14.7 Å². The molecule has 0 spiro atoms. The predicted octanol–water partition coefficient (Wildman–Crippen LogP) is 5.95. The van der Waals surface area contributed by atoms with E-state index < -0.39 is 0 Å². The van der Waals surface area contributed by atoms with E-state index in [-0.39, 0.29) is 18.3 Å². The van der Waals surface area contributed by atoms with E-state index in [1.807, 2.05) is 33.3 Å². The molecule has 1 aliphatic rings. The highest BCUT2D eigenvalue weighted by Gasteiger charge is 2.26. The molecule has 0 radical (unpaired) electrons. The SMILES string of the molecule is CCOC(=O)C[C@@H](c1cc(CN2Cc3ncccc3C[C@H](CC)C2)c2sccc2c1)c1cnc2c(nnn2C)c1C. The van der Waals surface area contributed by atoms with Crippen molar-refractivity contribution in [2.45, 2.75) is 59.0 Å². The van der Waals surface area contributed by atoms with E-state index in [0.29, 0.717) is 12.5 Å². The number of carbonyl (C=O) groups excluding carboxylic acids is 1. The Morgan fingerprint density at radius 1 is 1.22 bits per heavy atom. The van der Waals surface area contributed by atoms with E-state index in [2.05, 4.69) is 57.8 Å². The maximum absolute atomic E-state index is 12.9. The van der Waals surface area contributed by atoms with Gasteiger partial charge in [0.2, 0.25) is 0 Å². The molecule has 5 heterocycles. The molecule has 0 N–H and O–H groups in total. The number of hydrogen-bond donors (Lipinski definition) is 0. The van der Waals surface area contributed by atoms with Crippen LogP contribution in [-0.2, 0) is 36.1 Å². The van der Waals surface area contributed by atoms with Crippen molar-refractivity contribution in [2.75, 3.05) is 13.2 Å². The Hall–Kier alpha value is -3.69. The predicted molar refractivity (Wildman–Crippen MR) is 162 cm³/mol. The second-order valence-corrected chi connectivity index (χ2v) is 12.0. The third-order valence-corrected chi connectivity index (χ3v) is 9.38. The summed E-state index contributed by atoms with van der Waals surface area (Å²) in [5.74, 6) is 0.154. The molecule has 5 aromatic rings. The molecule has 2 atom stereocenters. The van der Waals surface area contributed by atoms with Gasteiger partial charge in [0.1, 0.15) is 5.52 Å². The van der Waals surface area contributed by atoms with Gasteiger partial charge in [0, 0.05) is 49.7 Å². The zero-order valence-corrected chi connectivity index (χ0v) is 24.9. The van der Waals surface area contributed by atoms with Crippen molar-refractivity contribution in [1.82, 2.24) is 29.9 Å². The summed E-state index contributed by atoms with van der Waals surface area (Å²) in [5.41, 5.74) is 8.38. The van der Waals surface area contributed by atoms with Gasteiger partial charge in [-0.25, -0.2) is 9.67 Å². The van der Waals surface area contributed by atoms with Gasteiger partial charge >= 0.3 is 5.97 Å². The molecule has 0 bridgehead atoms. The number of aromatic nitrogens is 5. The molecule has 41 heavy (non-hydrogen) atoms. The van der Waals surface area contributed by atoms with Crippen molar-refractivity contribution in [1.29, 1.82) is 0 Å². The number of benzene rings is 1. The topological polar surface area (TPSA) is 86.0 Å². The first-order valence-electron chi connectivity index (χ1n) is 14.4. The summed E-state index contributed by atoms with van der Waals surface area (Å²) in [6, 6.07) is 11.0. The Kier molecular flexibility index (Phi) is 7.81.